The van der Waals surface area contributed by atoms with E-state index in [-0.39, 0.29) is 0 Å². The van der Waals surface area contributed by atoms with Gasteiger partial charge < -0.3 is 55.1 Å². The third kappa shape index (κ3) is 3.57. The molecule has 2 heterocycles. The molecule has 0 amide bonds. The van der Waals surface area contributed by atoms with Gasteiger partial charge in [-0.2, -0.15) is 0 Å². The van der Waals surface area contributed by atoms with E-state index in [2.05, 4.69) is 0 Å². The fourth-order valence-electron chi connectivity index (χ4n) is 2.80. The van der Waals surface area contributed by atoms with Gasteiger partial charge in [0.25, 0.3) is 0 Å². The maximum Gasteiger partial charge on any atom is 0.192 e. The van der Waals surface area contributed by atoms with Gasteiger partial charge in [0.05, 0.1) is 13.2 Å². The zero-order chi connectivity index (χ0) is 18.2. The third-order valence-electron chi connectivity index (χ3n) is 4.28. The average molecular weight is 356 g/mol. The molecule has 2 saturated heterocycles. The van der Waals surface area contributed by atoms with Gasteiger partial charge in [-0.05, 0) is 6.92 Å². The largest absolute Gasteiger partial charge is 0.394 e. The fraction of sp³-hybridized carbons (Fsp3) is 1.00. The minimum absolute atomic E-state index is 0.671. The Kier molecular flexibility index (Phi) is 6.16. The van der Waals surface area contributed by atoms with Gasteiger partial charge in [-0.1, -0.05) is 0 Å². The molecule has 0 aliphatic carbocycles. The summed E-state index contributed by atoms with van der Waals surface area (Å²) < 4.78 is 15.5. The van der Waals surface area contributed by atoms with Gasteiger partial charge in [0, 0.05) is 0 Å². The Balaban J connectivity index is 2.15. The van der Waals surface area contributed by atoms with Gasteiger partial charge in [0.2, 0.25) is 0 Å². The van der Waals surface area contributed by atoms with Gasteiger partial charge in [0.1, 0.15) is 48.8 Å². The van der Waals surface area contributed by atoms with Crippen molar-refractivity contribution in [1.82, 2.24) is 0 Å². The summed E-state index contributed by atoms with van der Waals surface area (Å²) in [6, 6.07) is 0. The Morgan fingerprint density at radius 2 is 1.46 bits per heavy atom. The molecule has 0 saturated carbocycles. The van der Waals surface area contributed by atoms with Gasteiger partial charge in [0.15, 0.2) is 12.1 Å². The molecule has 2 aliphatic heterocycles. The first-order valence-corrected chi connectivity index (χ1v) is 7.47. The van der Waals surface area contributed by atoms with E-state index in [9.17, 15) is 35.7 Å². The van der Waals surface area contributed by atoms with Crippen LogP contribution in [0.1, 0.15) is 6.92 Å². The quantitative estimate of drug-likeness (QED) is 0.241. The lowest BCUT2D eigenvalue weighted by atomic mass is 9.93. The fourth-order valence-corrected chi connectivity index (χ4v) is 2.80. The second-order valence-corrected chi connectivity index (χ2v) is 6.13. The van der Waals surface area contributed by atoms with Crippen molar-refractivity contribution in [1.29, 1.82) is 0 Å². The molecule has 24 heavy (non-hydrogen) atoms. The highest BCUT2D eigenvalue weighted by atomic mass is 16.7. The van der Waals surface area contributed by atoms with Crippen molar-refractivity contribution >= 4 is 0 Å². The first-order chi connectivity index (χ1) is 11.1. The van der Waals surface area contributed by atoms with Crippen molar-refractivity contribution in [2.45, 2.75) is 67.8 Å². The third-order valence-corrected chi connectivity index (χ3v) is 4.28. The number of aliphatic hydroxyl groups excluding tert-OH is 7. The van der Waals surface area contributed by atoms with Crippen molar-refractivity contribution in [2.24, 2.45) is 0 Å². The molecule has 142 valence electrons. The summed E-state index contributed by atoms with van der Waals surface area (Å²) >= 11 is 0. The maximum atomic E-state index is 10.1. The molecule has 0 spiro atoms. The van der Waals surface area contributed by atoms with Crippen LogP contribution >= 0.6 is 0 Å². The van der Waals surface area contributed by atoms with E-state index in [1.807, 2.05) is 0 Å². The van der Waals surface area contributed by atoms with Crippen LogP contribution in [0.5, 0.6) is 0 Å². The summed E-state index contributed by atoms with van der Waals surface area (Å²) in [6.07, 6.45) is -14.0. The van der Waals surface area contributed by atoms with Crippen LogP contribution in [0.2, 0.25) is 0 Å². The van der Waals surface area contributed by atoms with Crippen molar-refractivity contribution in [3.05, 3.63) is 0 Å². The summed E-state index contributed by atoms with van der Waals surface area (Å²) in [4.78, 5) is 0. The molecule has 11 nitrogen and oxygen atoms in total. The molecule has 2 rings (SSSR count). The molecule has 8 N–H and O–H groups in total. The Morgan fingerprint density at radius 3 is 2.00 bits per heavy atom. The molecule has 0 radical (unpaired) electrons. The highest BCUT2D eigenvalue weighted by Crippen LogP contribution is 2.32. The van der Waals surface area contributed by atoms with Crippen molar-refractivity contribution < 1.29 is 55.1 Å². The SMILES string of the molecule is C[C@]1(O)OC(CO)[C@@H](O[C@@H]2OC(CO)[C@H](O)C(O)C2O)C(O)C1O. The molecule has 0 aromatic carbocycles. The van der Waals surface area contributed by atoms with E-state index in [0.29, 0.717) is 0 Å². The molecule has 11 heteroatoms. The smallest absolute Gasteiger partial charge is 0.192 e. The van der Waals surface area contributed by atoms with Crippen LogP contribution in [-0.2, 0) is 14.2 Å². The summed E-state index contributed by atoms with van der Waals surface area (Å²) in [5, 5.41) is 77.7. The zero-order valence-corrected chi connectivity index (χ0v) is 12.9. The van der Waals surface area contributed by atoms with E-state index in [0.717, 1.165) is 6.92 Å². The van der Waals surface area contributed by atoms with Crippen LogP contribution in [0.15, 0.2) is 0 Å². The van der Waals surface area contributed by atoms with E-state index >= 15 is 0 Å². The topological polar surface area (TPSA) is 190 Å². The second-order valence-electron chi connectivity index (χ2n) is 6.13. The number of hydrogen-bond acceptors (Lipinski definition) is 11. The molecule has 2 fully saturated rings. The number of hydrogen-bond donors (Lipinski definition) is 8. The normalized spacial score (nSPS) is 53.1. The van der Waals surface area contributed by atoms with Crippen LogP contribution in [0.25, 0.3) is 0 Å². The van der Waals surface area contributed by atoms with Crippen LogP contribution < -0.4 is 0 Å². The highest BCUT2D eigenvalue weighted by Gasteiger charge is 2.53. The first kappa shape index (κ1) is 19.9. The Hall–Kier alpha value is -0.440. The molecule has 0 bridgehead atoms. The number of rotatable bonds is 4. The lowest BCUT2D eigenvalue weighted by molar-refractivity contribution is -0.378. The standard InChI is InChI=1S/C13H24O11/c1-13(21)11(20)9(19)10(5(3-15)24-13)23-12-8(18)7(17)6(16)4(2-14)22-12/h4-12,14-21H,2-3H2,1H3/t4?,5?,6-,7?,8?,9?,10+,11?,12-,13-/m0/s1. The maximum absolute atomic E-state index is 10.1. The Morgan fingerprint density at radius 1 is 0.875 bits per heavy atom. The number of ether oxygens (including phenoxy) is 3. The molecule has 2 aliphatic rings. The highest BCUT2D eigenvalue weighted by molar-refractivity contribution is 4.96. The Bertz CT molecular complexity index is 415. The van der Waals surface area contributed by atoms with Crippen LogP contribution in [0.4, 0.5) is 0 Å². The summed E-state index contributed by atoms with van der Waals surface area (Å²) in [6.45, 7) is -0.273. The predicted octanol–water partition coefficient (Wildman–Crippen LogP) is -5.01. The summed E-state index contributed by atoms with van der Waals surface area (Å²) in [7, 11) is 0. The van der Waals surface area contributed by atoms with E-state index < -0.39 is 74.1 Å². The lowest BCUT2D eigenvalue weighted by Gasteiger charge is -2.48. The van der Waals surface area contributed by atoms with Crippen molar-refractivity contribution in [3.63, 3.8) is 0 Å². The molecule has 6 unspecified atom stereocenters. The first-order valence-electron chi connectivity index (χ1n) is 7.47. The monoisotopic (exact) mass is 356 g/mol. The molecule has 10 atom stereocenters. The predicted molar refractivity (Wildman–Crippen MR) is 73.2 cm³/mol. The molecule has 0 aromatic heterocycles. The van der Waals surface area contributed by atoms with Gasteiger partial charge in [-0.25, -0.2) is 0 Å². The van der Waals surface area contributed by atoms with E-state index in [1.54, 1.807) is 0 Å². The Labute approximate surface area is 137 Å². The molecule has 0 aromatic rings. The second kappa shape index (κ2) is 7.43. The van der Waals surface area contributed by atoms with Gasteiger partial charge in [-0.3, -0.25) is 0 Å². The number of aliphatic hydroxyl groups is 8. The van der Waals surface area contributed by atoms with Crippen LogP contribution in [0, 0.1) is 0 Å². The van der Waals surface area contributed by atoms with Crippen LogP contribution in [0.3, 0.4) is 0 Å². The van der Waals surface area contributed by atoms with Crippen LogP contribution in [-0.4, -0.2) is 115 Å². The summed E-state index contributed by atoms with van der Waals surface area (Å²) in [5.41, 5.74) is 0. The van der Waals surface area contributed by atoms with Gasteiger partial charge in [-0.15, -0.1) is 0 Å². The lowest BCUT2D eigenvalue weighted by Crippen LogP contribution is -2.67. The summed E-state index contributed by atoms with van der Waals surface area (Å²) in [5.74, 6) is -2.14. The van der Waals surface area contributed by atoms with Crippen molar-refractivity contribution in [2.75, 3.05) is 13.2 Å². The minimum Gasteiger partial charge on any atom is -0.394 e. The van der Waals surface area contributed by atoms with Gasteiger partial charge >= 0.3 is 0 Å². The van der Waals surface area contributed by atoms with Crippen molar-refractivity contribution in [3.8, 4) is 0 Å². The van der Waals surface area contributed by atoms with E-state index in [4.69, 9.17) is 19.3 Å². The zero-order valence-electron chi connectivity index (χ0n) is 12.9. The molecular weight excluding hydrogens is 332 g/mol. The van der Waals surface area contributed by atoms with E-state index in [1.165, 1.54) is 0 Å². The average Bonchev–Trinajstić information content (AvgIpc) is 2.55. The minimum atomic E-state index is -2.14. The molecular formula is C13H24O11.